The summed E-state index contributed by atoms with van der Waals surface area (Å²) in [5.41, 5.74) is 7.59. The van der Waals surface area contributed by atoms with Gasteiger partial charge in [0, 0.05) is 12.5 Å². The van der Waals surface area contributed by atoms with Crippen LogP contribution < -0.4 is 15.2 Å². The fourth-order valence-electron chi connectivity index (χ4n) is 2.35. The maximum absolute atomic E-state index is 11.4. The molecule has 0 bridgehead atoms. The number of anilines is 1. The van der Waals surface area contributed by atoms with Gasteiger partial charge in [-0.05, 0) is 36.6 Å². The predicted octanol–water partition coefficient (Wildman–Crippen LogP) is 6.38. The first-order chi connectivity index (χ1) is 11.6. The van der Waals surface area contributed by atoms with Crippen LogP contribution in [0.1, 0.15) is 37.8 Å². The number of benzene rings is 2. The summed E-state index contributed by atoms with van der Waals surface area (Å²) in [6.07, 6.45) is 0. The molecule has 0 heterocycles. The molecule has 2 aromatic rings. The smallest absolute Gasteiger partial charge is 0.308 e. The number of carbonyl (C=O) groups excluding carboxylic acids is 1. The summed E-state index contributed by atoms with van der Waals surface area (Å²) in [5.74, 6) is 0.980. The Labute approximate surface area is 161 Å². The lowest BCUT2D eigenvalue weighted by Gasteiger charge is -2.18. The van der Waals surface area contributed by atoms with Gasteiger partial charge in [-0.3, -0.25) is 4.79 Å². The highest BCUT2D eigenvalue weighted by Gasteiger charge is 2.19. The van der Waals surface area contributed by atoms with E-state index >= 15 is 0 Å². The zero-order valence-electron chi connectivity index (χ0n) is 14.2. The van der Waals surface area contributed by atoms with Gasteiger partial charge in [0.15, 0.2) is 5.75 Å². The number of hydrogen-bond acceptors (Lipinski definition) is 4. The Morgan fingerprint density at radius 1 is 1.08 bits per heavy atom. The fraction of sp³-hybridized carbons (Fsp3) is 0.278. The van der Waals surface area contributed by atoms with E-state index in [0.29, 0.717) is 11.5 Å². The molecule has 25 heavy (non-hydrogen) atoms. The summed E-state index contributed by atoms with van der Waals surface area (Å²) in [7, 11) is 0. The van der Waals surface area contributed by atoms with E-state index in [0.717, 1.165) is 11.1 Å². The third-order valence-corrected chi connectivity index (χ3v) is 4.65. The fourth-order valence-corrected chi connectivity index (χ4v) is 3.03. The number of ether oxygens (including phenoxy) is 2. The van der Waals surface area contributed by atoms with E-state index in [4.69, 9.17) is 50.0 Å². The lowest BCUT2D eigenvalue weighted by atomic mass is 9.99. The van der Waals surface area contributed by atoms with Crippen LogP contribution in [0.4, 0.5) is 5.69 Å². The molecule has 0 amide bonds. The van der Waals surface area contributed by atoms with Gasteiger partial charge in [-0.15, -0.1) is 0 Å². The van der Waals surface area contributed by atoms with Gasteiger partial charge in [-0.25, -0.2) is 0 Å². The van der Waals surface area contributed by atoms with Crippen molar-refractivity contribution in [1.82, 2.24) is 0 Å². The van der Waals surface area contributed by atoms with E-state index in [1.165, 1.54) is 13.0 Å². The quantitative estimate of drug-likeness (QED) is 0.279. The summed E-state index contributed by atoms with van der Waals surface area (Å²) in [5, 5.41) is 0.567. The van der Waals surface area contributed by atoms with E-state index in [2.05, 4.69) is 0 Å². The van der Waals surface area contributed by atoms with E-state index in [1.807, 2.05) is 20.8 Å². The molecule has 0 saturated heterocycles. The number of aryl methyl sites for hydroxylation is 1. The third kappa shape index (κ3) is 4.32. The number of carbonyl (C=O) groups is 1. The SMILES string of the molecule is CC(=O)Oc1c(C)cc(Oc2c(Cl)cc(N)c(Cl)c2Cl)cc1C(C)C. The molecule has 0 aliphatic heterocycles. The standard InChI is InChI=1S/C18H18Cl3NO3/c1-8(2)12-6-11(5-9(3)17(12)24-10(4)23)25-18-13(19)7-14(22)15(20)16(18)21/h5-8H,22H2,1-4H3. The Morgan fingerprint density at radius 3 is 2.28 bits per heavy atom. The van der Waals surface area contributed by atoms with Crippen molar-refractivity contribution in [1.29, 1.82) is 0 Å². The number of nitrogens with two attached hydrogens (primary N) is 1. The first-order valence-electron chi connectivity index (χ1n) is 7.55. The van der Waals surface area contributed by atoms with Crippen LogP contribution >= 0.6 is 34.8 Å². The van der Waals surface area contributed by atoms with Crippen molar-refractivity contribution in [2.75, 3.05) is 5.73 Å². The molecule has 0 radical (unpaired) electrons. The minimum absolute atomic E-state index is 0.109. The van der Waals surface area contributed by atoms with Crippen molar-refractivity contribution >= 4 is 46.5 Å². The zero-order valence-corrected chi connectivity index (χ0v) is 16.5. The van der Waals surface area contributed by atoms with Crippen LogP contribution in [0.5, 0.6) is 17.2 Å². The highest BCUT2D eigenvalue weighted by Crippen LogP contribution is 2.45. The van der Waals surface area contributed by atoms with Crippen LogP contribution in [0.15, 0.2) is 18.2 Å². The third-order valence-electron chi connectivity index (χ3n) is 3.51. The van der Waals surface area contributed by atoms with E-state index < -0.39 is 0 Å². The van der Waals surface area contributed by atoms with Crippen LogP contribution in [0.3, 0.4) is 0 Å². The van der Waals surface area contributed by atoms with Gasteiger partial charge >= 0.3 is 5.97 Å². The van der Waals surface area contributed by atoms with Crippen LogP contribution in [-0.4, -0.2) is 5.97 Å². The summed E-state index contributed by atoms with van der Waals surface area (Å²) in [4.78, 5) is 11.4. The molecule has 2 N–H and O–H groups in total. The van der Waals surface area contributed by atoms with Crippen molar-refractivity contribution in [2.45, 2.75) is 33.6 Å². The molecule has 0 unspecified atom stereocenters. The van der Waals surface area contributed by atoms with Crippen molar-refractivity contribution in [2.24, 2.45) is 0 Å². The zero-order chi connectivity index (χ0) is 18.9. The lowest BCUT2D eigenvalue weighted by Crippen LogP contribution is -2.07. The first kappa shape index (κ1) is 19.7. The first-order valence-corrected chi connectivity index (χ1v) is 8.69. The summed E-state index contributed by atoms with van der Waals surface area (Å²) in [6, 6.07) is 5.00. The molecule has 0 spiro atoms. The van der Waals surface area contributed by atoms with Crippen molar-refractivity contribution < 1.29 is 14.3 Å². The molecular weight excluding hydrogens is 385 g/mol. The van der Waals surface area contributed by atoms with Crippen molar-refractivity contribution in [3.8, 4) is 17.2 Å². The molecule has 2 rings (SSSR count). The van der Waals surface area contributed by atoms with Gasteiger partial charge in [-0.1, -0.05) is 48.7 Å². The molecule has 0 atom stereocenters. The Kier molecular flexibility index (Phi) is 6.09. The molecule has 7 heteroatoms. The summed E-state index contributed by atoms with van der Waals surface area (Å²) >= 11 is 18.5. The van der Waals surface area contributed by atoms with Crippen LogP contribution in [0.2, 0.25) is 15.1 Å². The van der Waals surface area contributed by atoms with Crippen molar-refractivity contribution in [3.63, 3.8) is 0 Å². The minimum Gasteiger partial charge on any atom is -0.454 e. The number of hydrogen-bond donors (Lipinski definition) is 1. The number of halogens is 3. The van der Waals surface area contributed by atoms with Crippen LogP contribution in [0.25, 0.3) is 0 Å². The number of nitrogen functional groups attached to an aromatic ring is 1. The van der Waals surface area contributed by atoms with Crippen LogP contribution in [-0.2, 0) is 4.79 Å². The molecule has 0 aromatic heterocycles. The minimum atomic E-state index is -0.380. The summed E-state index contributed by atoms with van der Waals surface area (Å²) < 4.78 is 11.2. The molecule has 134 valence electrons. The predicted molar refractivity (Wildman–Crippen MR) is 103 cm³/mol. The monoisotopic (exact) mass is 401 g/mol. The second-order valence-electron chi connectivity index (χ2n) is 5.91. The topological polar surface area (TPSA) is 61.5 Å². The van der Waals surface area contributed by atoms with Crippen LogP contribution in [0, 0.1) is 6.92 Å². The molecule has 0 fully saturated rings. The van der Waals surface area contributed by atoms with E-state index in [-0.39, 0.29) is 38.4 Å². The average Bonchev–Trinajstić information content (AvgIpc) is 2.51. The van der Waals surface area contributed by atoms with Gasteiger partial charge in [0.25, 0.3) is 0 Å². The summed E-state index contributed by atoms with van der Waals surface area (Å²) in [6.45, 7) is 7.18. The second-order valence-corrected chi connectivity index (χ2v) is 7.08. The number of rotatable bonds is 4. The van der Waals surface area contributed by atoms with Gasteiger partial charge < -0.3 is 15.2 Å². The Hall–Kier alpha value is -1.62. The molecule has 0 saturated carbocycles. The van der Waals surface area contributed by atoms with E-state index in [9.17, 15) is 4.79 Å². The highest BCUT2D eigenvalue weighted by atomic mass is 35.5. The molecular formula is C18H18Cl3NO3. The largest absolute Gasteiger partial charge is 0.454 e. The maximum atomic E-state index is 11.4. The molecule has 0 aliphatic rings. The van der Waals surface area contributed by atoms with Gasteiger partial charge in [0.1, 0.15) is 16.5 Å². The Balaban J connectivity index is 2.52. The Morgan fingerprint density at radius 2 is 1.72 bits per heavy atom. The normalized spacial score (nSPS) is 10.9. The average molecular weight is 403 g/mol. The lowest BCUT2D eigenvalue weighted by molar-refractivity contribution is -0.132. The van der Waals surface area contributed by atoms with Crippen molar-refractivity contribution in [3.05, 3.63) is 44.4 Å². The van der Waals surface area contributed by atoms with Gasteiger partial charge in [0.05, 0.1) is 15.7 Å². The van der Waals surface area contributed by atoms with E-state index in [1.54, 1.807) is 12.1 Å². The Bertz CT molecular complexity index is 835. The van der Waals surface area contributed by atoms with Gasteiger partial charge in [0.2, 0.25) is 0 Å². The van der Waals surface area contributed by atoms with Gasteiger partial charge in [-0.2, -0.15) is 0 Å². The molecule has 0 aliphatic carbocycles. The second kappa shape index (κ2) is 7.73. The maximum Gasteiger partial charge on any atom is 0.308 e. The highest BCUT2D eigenvalue weighted by molar-refractivity contribution is 6.46. The number of esters is 1. The molecule has 2 aromatic carbocycles. The molecule has 4 nitrogen and oxygen atoms in total.